The lowest BCUT2D eigenvalue weighted by Gasteiger charge is -2.38. The Hall–Kier alpha value is -1.77. The summed E-state index contributed by atoms with van der Waals surface area (Å²) in [5.74, 6) is 0.209. The number of thioether (sulfide) groups is 1. The topological polar surface area (TPSA) is 70.0 Å². The fraction of sp³-hybridized carbons (Fsp3) is 0.333. The molecule has 160 valence electrons. The minimum absolute atomic E-state index is 0.0726. The second-order valence-corrected chi connectivity index (χ2v) is 9.12. The molecule has 3 rings (SSSR count). The van der Waals surface area contributed by atoms with Crippen LogP contribution in [0.3, 0.4) is 0 Å². The number of aryl methyl sites for hydroxylation is 1. The third kappa shape index (κ3) is 6.12. The van der Waals surface area contributed by atoms with Gasteiger partial charge in [0.2, 0.25) is 5.91 Å². The van der Waals surface area contributed by atoms with E-state index in [1.165, 1.54) is 11.8 Å². The van der Waals surface area contributed by atoms with Gasteiger partial charge in [-0.3, -0.25) is 4.79 Å². The molecular weight excluding hydrogens is 443 g/mol. The highest BCUT2D eigenvalue weighted by molar-refractivity contribution is 7.99. The number of benzene rings is 2. The Bertz CT molecular complexity index is 1040. The predicted molar refractivity (Wildman–Crippen MR) is 124 cm³/mol. The van der Waals surface area contributed by atoms with Crippen molar-refractivity contribution in [2.75, 3.05) is 25.9 Å². The van der Waals surface area contributed by atoms with Crippen LogP contribution < -0.4 is 5.32 Å². The van der Waals surface area contributed by atoms with E-state index in [2.05, 4.69) is 10.3 Å². The first-order valence-corrected chi connectivity index (χ1v) is 11.3. The Morgan fingerprint density at radius 2 is 2.00 bits per heavy atom. The average Bonchev–Trinajstić information content (AvgIpc) is 3.02. The Morgan fingerprint density at radius 3 is 2.73 bits per heavy atom. The van der Waals surface area contributed by atoms with E-state index in [-0.39, 0.29) is 11.7 Å². The van der Waals surface area contributed by atoms with Crippen LogP contribution in [-0.4, -0.2) is 46.0 Å². The molecule has 1 aromatic heterocycles. The van der Waals surface area contributed by atoms with E-state index in [0.29, 0.717) is 36.1 Å². The van der Waals surface area contributed by atoms with Gasteiger partial charge in [0, 0.05) is 25.6 Å². The Kier molecular flexibility index (Phi) is 7.65. The molecule has 0 radical (unpaired) electrons. The molecule has 1 heterocycles. The quantitative estimate of drug-likeness (QED) is 0.216. The van der Waals surface area contributed by atoms with Crippen molar-refractivity contribution in [3.8, 4) is 0 Å². The van der Waals surface area contributed by atoms with E-state index >= 15 is 0 Å². The van der Waals surface area contributed by atoms with Crippen LogP contribution in [0, 0.1) is 5.21 Å². The van der Waals surface area contributed by atoms with Gasteiger partial charge in [-0.25, -0.2) is 4.98 Å². The first kappa shape index (κ1) is 22.9. The molecule has 0 aliphatic rings. The Morgan fingerprint density at radius 1 is 1.23 bits per heavy atom. The number of carbonyl (C=O) groups is 1. The van der Waals surface area contributed by atoms with Gasteiger partial charge in [-0.15, -0.1) is 0 Å². The number of para-hydroxylation sites is 2. The van der Waals surface area contributed by atoms with Crippen LogP contribution in [-0.2, 0) is 18.4 Å². The van der Waals surface area contributed by atoms with Crippen LogP contribution in [0.2, 0.25) is 10.0 Å². The van der Waals surface area contributed by atoms with Crippen molar-refractivity contribution in [3.05, 3.63) is 63.3 Å². The van der Waals surface area contributed by atoms with Gasteiger partial charge in [-0.1, -0.05) is 53.2 Å². The number of fused-ring (bicyclic) bond motifs is 1. The fourth-order valence-corrected chi connectivity index (χ4v) is 4.32. The highest BCUT2D eigenvalue weighted by atomic mass is 35.5. The second-order valence-electron chi connectivity index (χ2n) is 7.36. The standard InChI is InChI=1S/C21H24Cl2N4O2S/c1-26-19-7-4-3-6-18(19)25-21(26)30-14-20(28)24-10-5-11-27(2,29)13-15-8-9-16(22)17(23)12-15/h3-4,6-9,12H,5,10-11,13-14H2,1-2H3,(H,24,28). The van der Waals surface area contributed by atoms with Crippen LogP contribution in [0.25, 0.3) is 11.0 Å². The number of quaternary nitrogens is 1. The van der Waals surface area contributed by atoms with E-state index in [4.69, 9.17) is 23.2 Å². The lowest BCUT2D eigenvalue weighted by atomic mass is 10.2. The summed E-state index contributed by atoms with van der Waals surface area (Å²) in [5, 5.41) is 17.3. The van der Waals surface area contributed by atoms with Crippen molar-refractivity contribution < 1.29 is 9.44 Å². The second kappa shape index (κ2) is 10.0. The molecular formula is C21H24Cl2N4O2S. The number of hydroxylamine groups is 3. The largest absolute Gasteiger partial charge is 0.633 e. The molecule has 1 atom stereocenters. The summed E-state index contributed by atoms with van der Waals surface area (Å²) in [6.07, 6.45) is 0.587. The number of amides is 1. The Labute approximate surface area is 190 Å². The van der Waals surface area contributed by atoms with Gasteiger partial charge >= 0.3 is 0 Å². The fourth-order valence-electron chi connectivity index (χ4n) is 3.18. The molecule has 0 bridgehead atoms. The number of nitrogens with one attached hydrogen (secondary N) is 1. The maximum Gasteiger partial charge on any atom is 0.230 e. The van der Waals surface area contributed by atoms with Gasteiger partial charge in [0.25, 0.3) is 0 Å². The third-order valence-electron chi connectivity index (χ3n) is 4.71. The molecule has 1 unspecified atom stereocenters. The van der Waals surface area contributed by atoms with Crippen molar-refractivity contribution >= 4 is 51.9 Å². The van der Waals surface area contributed by atoms with E-state index in [9.17, 15) is 10.0 Å². The predicted octanol–water partition coefficient (Wildman–Crippen LogP) is 4.62. The zero-order valence-electron chi connectivity index (χ0n) is 16.9. The first-order valence-electron chi connectivity index (χ1n) is 9.55. The van der Waals surface area contributed by atoms with Crippen LogP contribution in [0.4, 0.5) is 0 Å². The lowest BCUT2D eigenvalue weighted by molar-refractivity contribution is -0.874. The summed E-state index contributed by atoms with van der Waals surface area (Å²) in [6.45, 7) is 1.14. The number of hydrogen-bond donors (Lipinski definition) is 1. The van der Waals surface area contributed by atoms with Crippen LogP contribution in [0.5, 0.6) is 0 Å². The van der Waals surface area contributed by atoms with Crippen LogP contribution >= 0.6 is 35.0 Å². The number of aromatic nitrogens is 2. The van der Waals surface area contributed by atoms with Gasteiger partial charge in [-0.05, 0) is 24.3 Å². The van der Waals surface area contributed by atoms with Gasteiger partial charge in [0.1, 0.15) is 6.54 Å². The summed E-state index contributed by atoms with van der Waals surface area (Å²) in [5.41, 5.74) is 2.79. The SMILES string of the molecule is Cn1c(SCC(=O)NCCC[N+](C)([O-])Cc2ccc(Cl)c(Cl)c2)nc2ccccc21. The molecule has 0 fully saturated rings. The summed E-state index contributed by atoms with van der Waals surface area (Å²) >= 11 is 13.3. The number of hydrogen-bond acceptors (Lipinski definition) is 4. The molecule has 1 N–H and O–H groups in total. The highest BCUT2D eigenvalue weighted by Crippen LogP contribution is 2.24. The summed E-state index contributed by atoms with van der Waals surface area (Å²) in [4.78, 5) is 16.7. The van der Waals surface area contributed by atoms with Crippen molar-refractivity contribution in [2.45, 2.75) is 18.1 Å². The van der Waals surface area contributed by atoms with Gasteiger partial charge in [0.15, 0.2) is 5.16 Å². The molecule has 0 aliphatic heterocycles. The average molecular weight is 467 g/mol. The molecule has 9 heteroatoms. The monoisotopic (exact) mass is 466 g/mol. The summed E-state index contributed by atoms with van der Waals surface area (Å²) in [7, 11) is 3.56. The van der Waals surface area contributed by atoms with Gasteiger partial charge in [-0.2, -0.15) is 0 Å². The molecule has 2 aromatic carbocycles. The summed E-state index contributed by atoms with van der Waals surface area (Å²) in [6, 6.07) is 13.1. The van der Waals surface area contributed by atoms with Gasteiger partial charge < -0.3 is 19.7 Å². The van der Waals surface area contributed by atoms with E-state index in [1.807, 2.05) is 41.9 Å². The van der Waals surface area contributed by atoms with E-state index in [1.54, 1.807) is 19.2 Å². The molecule has 0 spiro atoms. The molecule has 3 aromatic rings. The van der Waals surface area contributed by atoms with Crippen LogP contribution in [0.15, 0.2) is 47.6 Å². The maximum absolute atomic E-state index is 12.7. The van der Waals surface area contributed by atoms with Gasteiger partial charge in [0.05, 0.1) is 40.4 Å². The zero-order valence-corrected chi connectivity index (χ0v) is 19.2. The molecule has 1 amide bonds. The normalized spacial score (nSPS) is 13.4. The number of imidazole rings is 1. The number of nitrogens with zero attached hydrogens (tertiary/aromatic N) is 3. The number of halogens is 2. The highest BCUT2D eigenvalue weighted by Gasteiger charge is 2.14. The minimum atomic E-state index is -0.442. The molecule has 0 saturated carbocycles. The maximum atomic E-state index is 12.7. The first-order chi connectivity index (χ1) is 14.2. The summed E-state index contributed by atoms with van der Waals surface area (Å²) < 4.78 is 1.54. The number of rotatable bonds is 9. The van der Waals surface area contributed by atoms with Crippen molar-refractivity contribution in [2.24, 2.45) is 7.05 Å². The molecule has 0 aliphatic carbocycles. The Balaban J connectivity index is 1.40. The van der Waals surface area contributed by atoms with Crippen molar-refractivity contribution in [3.63, 3.8) is 0 Å². The molecule has 30 heavy (non-hydrogen) atoms. The third-order valence-corrected chi connectivity index (χ3v) is 6.48. The van der Waals surface area contributed by atoms with Crippen molar-refractivity contribution in [1.82, 2.24) is 14.9 Å². The van der Waals surface area contributed by atoms with Crippen molar-refractivity contribution in [1.29, 1.82) is 0 Å². The van der Waals surface area contributed by atoms with E-state index < -0.39 is 4.65 Å². The lowest BCUT2D eigenvalue weighted by Crippen LogP contribution is -2.39. The number of carbonyl (C=O) groups excluding carboxylic acids is 1. The zero-order chi connectivity index (χ0) is 21.7. The molecule has 0 saturated heterocycles. The van der Waals surface area contributed by atoms with E-state index in [0.717, 1.165) is 21.8 Å². The van der Waals surface area contributed by atoms with Crippen LogP contribution in [0.1, 0.15) is 12.0 Å². The minimum Gasteiger partial charge on any atom is -0.633 e. The smallest absolute Gasteiger partial charge is 0.230 e. The molecule has 6 nitrogen and oxygen atoms in total.